The molecular formula is C17H28N2O2. The minimum Gasteiger partial charge on any atom is -0.496 e. The van der Waals surface area contributed by atoms with Crippen LogP contribution < -0.4 is 10.5 Å². The van der Waals surface area contributed by atoms with E-state index in [2.05, 4.69) is 44.7 Å². The summed E-state index contributed by atoms with van der Waals surface area (Å²) in [5, 5.41) is 0. The topological polar surface area (TPSA) is 47.7 Å². The summed E-state index contributed by atoms with van der Waals surface area (Å²) in [7, 11) is 1.72. The van der Waals surface area contributed by atoms with Crippen LogP contribution in [0.4, 0.5) is 0 Å². The van der Waals surface area contributed by atoms with Crippen LogP contribution in [-0.4, -0.2) is 43.9 Å². The molecule has 1 fully saturated rings. The van der Waals surface area contributed by atoms with Crippen LogP contribution in [0.25, 0.3) is 0 Å². The van der Waals surface area contributed by atoms with E-state index in [4.69, 9.17) is 15.2 Å². The van der Waals surface area contributed by atoms with Crippen LogP contribution in [0.1, 0.15) is 36.6 Å². The average molecular weight is 292 g/mol. The number of benzene rings is 1. The molecule has 0 radical (unpaired) electrons. The van der Waals surface area contributed by atoms with Gasteiger partial charge in [-0.25, -0.2) is 0 Å². The van der Waals surface area contributed by atoms with Crippen LogP contribution in [0.3, 0.4) is 0 Å². The first-order chi connectivity index (χ1) is 9.89. The van der Waals surface area contributed by atoms with Crippen LogP contribution in [0, 0.1) is 13.8 Å². The highest BCUT2D eigenvalue weighted by atomic mass is 16.5. The normalized spacial score (nSPS) is 18.6. The van der Waals surface area contributed by atoms with Crippen molar-refractivity contribution in [2.75, 3.05) is 33.4 Å². The number of rotatable bonds is 4. The molecule has 1 saturated heterocycles. The van der Waals surface area contributed by atoms with E-state index >= 15 is 0 Å². The minimum atomic E-state index is -0.140. The zero-order valence-electron chi connectivity index (χ0n) is 13.9. The second-order valence-corrected chi connectivity index (χ2v) is 6.36. The molecule has 0 aromatic heterocycles. The fourth-order valence-corrected chi connectivity index (χ4v) is 3.04. The highest BCUT2D eigenvalue weighted by Gasteiger charge is 2.36. The highest BCUT2D eigenvalue weighted by molar-refractivity contribution is 5.47. The summed E-state index contributed by atoms with van der Waals surface area (Å²) in [6.07, 6.45) is 0. The Balaban J connectivity index is 2.34. The van der Waals surface area contributed by atoms with Crippen LogP contribution in [0.2, 0.25) is 0 Å². The lowest BCUT2D eigenvalue weighted by atomic mass is 9.85. The van der Waals surface area contributed by atoms with Gasteiger partial charge in [0.05, 0.1) is 26.4 Å². The molecule has 1 unspecified atom stereocenters. The largest absolute Gasteiger partial charge is 0.496 e. The molecule has 0 bridgehead atoms. The van der Waals surface area contributed by atoms with Crippen molar-refractivity contribution in [1.82, 2.24) is 4.90 Å². The first-order valence-corrected chi connectivity index (χ1v) is 7.62. The van der Waals surface area contributed by atoms with Gasteiger partial charge in [-0.3, -0.25) is 4.90 Å². The van der Waals surface area contributed by atoms with E-state index in [0.717, 1.165) is 37.6 Å². The van der Waals surface area contributed by atoms with E-state index in [1.807, 2.05) is 0 Å². The summed E-state index contributed by atoms with van der Waals surface area (Å²) >= 11 is 0. The smallest absolute Gasteiger partial charge is 0.126 e. The van der Waals surface area contributed by atoms with Crippen LogP contribution >= 0.6 is 0 Å². The van der Waals surface area contributed by atoms with E-state index in [0.29, 0.717) is 0 Å². The molecule has 2 rings (SSSR count). The Bertz CT molecular complexity index is 494. The van der Waals surface area contributed by atoms with Gasteiger partial charge in [-0.05, 0) is 38.8 Å². The van der Waals surface area contributed by atoms with E-state index < -0.39 is 0 Å². The molecule has 1 heterocycles. The molecule has 118 valence electrons. The number of hydrogen-bond donors (Lipinski definition) is 1. The third-order valence-electron chi connectivity index (χ3n) is 4.83. The Morgan fingerprint density at radius 3 is 2.43 bits per heavy atom. The summed E-state index contributed by atoms with van der Waals surface area (Å²) in [5.41, 5.74) is 9.98. The molecule has 0 amide bonds. The van der Waals surface area contributed by atoms with Crippen molar-refractivity contribution in [2.24, 2.45) is 5.73 Å². The molecule has 0 spiro atoms. The average Bonchev–Trinajstić information content (AvgIpc) is 2.50. The lowest BCUT2D eigenvalue weighted by molar-refractivity contribution is -0.0192. The van der Waals surface area contributed by atoms with Gasteiger partial charge in [0.2, 0.25) is 0 Å². The van der Waals surface area contributed by atoms with Crippen molar-refractivity contribution < 1.29 is 9.47 Å². The van der Waals surface area contributed by atoms with Gasteiger partial charge < -0.3 is 15.2 Å². The number of aryl methyl sites for hydroxylation is 1. The van der Waals surface area contributed by atoms with Crippen molar-refractivity contribution in [1.29, 1.82) is 0 Å². The molecule has 4 heteroatoms. The number of nitrogens with two attached hydrogens (primary N) is 1. The fourth-order valence-electron chi connectivity index (χ4n) is 3.04. The number of nitrogens with zero attached hydrogens (tertiary/aromatic N) is 1. The summed E-state index contributed by atoms with van der Waals surface area (Å²) < 4.78 is 11.1. The molecule has 1 aliphatic rings. The van der Waals surface area contributed by atoms with Crippen molar-refractivity contribution in [3.8, 4) is 5.75 Å². The quantitative estimate of drug-likeness (QED) is 0.926. The number of ether oxygens (including phenoxy) is 2. The standard InChI is InChI=1S/C17H28N2O2/c1-12-6-7-14(15(20-5)13(12)2)16(18)17(3,4)19-8-10-21-11-9-19/h6-7,16H,8-11,18H2,1-5H3. The summed E-state index contributed by atoms with van der Waals surface area (Å²) in [6, 6.07) is 4.13. The predicted molar refractivity (Wildman–Crippen MR) is 85.9 cm³/mol. The molecule has 2 N–H and O–H groups in total. The van der Waals surface area contributed by atoms with Gasteiger partial charge in [0.25, 0.3) is 0 Å². The molecule has 0 aliphatic carbocycles. The highest BCUT2D eigenvalue weighted by Crippen LogP contribution is 2.37. The predicted octanol–water partition coefficient (Wildman–Crippen LogP) is 2.42. The van der Waals surface area contributed by atoms with Crippen molar-refractivity contribution in [3.05, 3.63) is 28.8 Å². The van der Waals surface area contributed by atoms with Crippen LogP contribution in [0.5, 0.6) is 5.75 Å². The molecular weight excluding hydrogens is 264 g/mol. The summed E-state index contributed by atoms with van der Waals surface area (Å²) in [6.45, 7) is 12.0. The van der Waals surface area contributed by atoms with Crippen molar-refractivity contribution in [3.63, 3.8) is 0 Å². The van der Waals surface area contributed by atoms with Gasteiger partial charge in [0.15, 0.2) is 0 Å². The third-order valence-corrected chi connectivity index (χ3v) is 4.83. The molecule has 4 nitrogen and oxygen atoms in total. The van der Waals surface area contributed by atoms with Gasteiger partial charge >= 0.3 is 0 Å². The van der Waals surface area contributed by atoms with E-state index in [1.165, 1.54) is 11.1 Å². The van der Waals surface area contributed by atoms with Gasteiger partial charge in [0, 0.05) is 24.2 Å². The van der Waals surface area contributed by atoms with Crippen LogP contribution in [0.15, 0.2) is 12.1 Å². The second-order valence-electron chi connectivity index (χ2n) is 6.36. The minimum absolute atomic E-state index is 0.107. The molecule has 21 heavy (non-hydrogen) atoms. The van der Waals surface area contributed by atoms with Gasteiger partial charge in [-0.1, -0.05) is 12.1 Å². The molecule has 1 atom stereocenters. The maximum atomic E-state index is 6.64. The number of morpholine rings is 1. The number of hydrogen-bond acceptors (Lipinski definition) is 4. The summed E-state index contributed by atoms with van der Waals surface area (Å²) in [4.78, 5) is 2.41. The first kappa shape index (κ1) is 16.3. The Morgan fingerprint density at radius 2 is 1.86 bits per heavy atom. The SMILES string of the molecule is COc1c(C(N)C(C)(C)N2CCOCC2)ccc(C)c1C. The molecule has 1 aromatic carbocycles. The molecule has 1 aliphatic heterocycles. The van der Waals surface area contributed by atoms with Crippen molar-refractivity contribution in [2.45, 2.75) is 39.3 Å². The number of methoxy groups -OCH3 is 1. The van der Waals surface area contributed by atoms with E-state index in [1.54, 1.807) is 7.11 Å². The van der Waals surface area contributed by atoms with Gasteiger partial charge in [0.1, 0.15) is 5.75 Å². The Labute approximate surface area is 128 Å². The zero-order chi connectivity index (χ0) is 15.6. The Morgan fingerprint density at radius 1 is 1.24 bits per heavy atom. The third kappa shape index (κ3) is 3.07. The molecule has 1 aromatic rings. The maximum Gasteiger partial charge on any atom is 0.126 e. The van der Waals surface area contributed by atoms with Gasteiger partial charge in [-0.2, -0.15) is 0 Å². The second kappa shape index (κ2) is 6.34. The Kier molecular flexibility index (Phi) is 4.91. The van der Waals surface area contributed by atoms with E-state index in [-0.39, 0.29) is 11.6 Å². The first-order valence-electron chi connectivity index (χ1n) is 7.62. The maximum absolute atomic E-state index is 6.64. The van der Waals surface area contributed by atoms with Crippen LogP contribution in [-0.2, 0) is 4.74 Å². The van der Waals surface area contributed by atoms with Gasteiger partial charge in [-0.15, -0.1) is 0 Å². The monoisotopic (exact) mass is 292 g/mol. The lowest BCUT2D eigenvalue weighted by Gasteiger charge is -2.44. The Hall–Kier alpha value is -1.10. The zero-order valence-corrected chi connectivity index (χ0v) is 13.9. The fraction of sp³-hybridized carbons (Fsp3) is 0.647. The lowest BCUT2D eigenvalue weighted by Crippen LogP contribution is -2.55. The van der Waals surface area contributed by atoms with E-state index in [9.17, 15) is 0 Å². The van der Waals surface area contributed by atoms with Crippen molar-refractivity contribution >= 4 is 0 Å². The molecule has 0 saturated carbocycles. The summed E-state index contributed by atoms with van der Waals surface area (Å²) in [5.74, 6) is 0.920.